The maximum absolute atomic E-state index is 5.31. The van der Waals surface area contributed by atoms with Crippen molar-refractivity contribution >= 4 is 10.9 Å². The molecule has 0 amide bonds. The zero-order valence-corrected chi connectivity index (χ0v) is 12.2. The Morgan fingerprint density at radius 2 is 1.86 bits per heavy atom. The smallest absolute Gasteiger partial charge is 0.119 e. The summed E-state index contributed by atoms with van der Waals surface area (Å²) in [5.74, 6) is 0.862. The Kier molecular flexibility index (Phi) is 3.84. The zero-order valence-electron chi connectivity index (χ0n) is 12.2. The Balaban J connectivity index is 2.04. The third kappa shape index (κ3) is 2.73. The Labute approximate surface area is 124 Å². The molecule has 0 saturated carbocycles. The summed E-state index contributed by atoms with van der Waals surface area (Å²) in [6.07, 6.45) is 1.93. The van der Waals surface area contributed by atoms with Crippen LogP contribution in [0.15, 0.2) is 60.8 Å². The van der Waals surface area contributed by atoms with Gasteiger partial charge in [-0.05, 0) is 42.4 Å². The van der Waals surface area contributed by atoms with Gasteiger partial charge in [-0.2, -0.15) is 0 Å². The number of fused-ring (bicyclic) bond motifs is 1. The van der Waals surface area contributed by atoms with Crippen LogP contribution in [0.5, 0.6) is 5.75 Å². The van der Waals surface area contributed by atoms with E-state index in [0.717, 1.165) is 27.8 Å². The number of pyridine rings is 1. The van der Waals surface area contributed by atoms with E-state index in [-0.39, 0.29) is 6.04 Å². The molecule has 21 heavy (non-hydrogen) atoms. The average Bonchev–Trinajstić information content (AvgIpc) is 2.56. The molecule has 0 spiro atoms. The number of hydrogen-bond acceptors (Lipinski definition) is 3. The quantitative estimate of drug-likeness (QED) is 0.792. The highest BCUT2D eigenvalue weighted by Gasteiger charge is 2.13. The van der Waals surface area contributed by atoms with Crippen LogP contribution >= 0.6 is 0 Å². The number of hydrogen-bond donors (Lipinski definition) is 1. The van der Waals surface area contributed by atoms with Crippen LogP contribution < -0.4 is 10.1 Å². The van der Waals surface area contributed by atoms with Crippen molar-refractivity contribution < 1.29 is 4.74 Å². The Bertz CT molecular complexity index is 755. The lowest BCUT2D eigenvalue weighted by atomic mass is 9.99. The fourth-order valence-electron chi connectivity index (χ4n) is 2.59. The summed E-state index contributed by atoms with van der Waals surface area (Å²) in [6, 6.07) is 18.5. The Morgan fingerprint density at radius 3 is 2.67 bits per heavy atom. The van der Waals surface area contributed by atoms with E-state index in [1.807, 2.05) is 43.6 Å². The van der Waals surface area contributed by atoms with Gasteiger partial charge in [-0.1, -0.05) is 30.3 Å². The van der Waals surface area contributed by atoms with E-state index in [2.05, 4.69) is 34.6 Å². The maximum Gasteiger partial charge on any atom is 0.119 e. The van der Waals surface area contributed by atoms with Crippen LogP contribution in [0.25, 0.3) is 10.9 Å². The molecule has 0 fully saturated rings. The molecule has 0 saturated heterocycles. The molecule has 1 heterocycles. The summed E-state index contributed by atoms with van der Waals surface area (Å²) in [5.41, 5.74) is 3.32. The number of benzene rings is 2. The highest BCUT2D eigenvalue weighted by molar-refractivity contribution is 5.79. The van der Waals surface area contributed by atoms with Crippen LogP contribution in [0.2, 0.25) is 0 Å². The van der Waals surface area contributed by atoms with Gasteiger partial charge in [-0.15, -0.1) is 0 Å². The van der Waals surface area contributed by atoms with Gasteiger partial charge < -0.3 is 10.1 Å². The fourth-order valence-corrected chi connectivity index (χ4v) is 2.59. The van der Waals surface area contributed by atoms with E-state index in [9.17, 15) is 0 Å². The van der Waals surface area contributed by atoms with Gasteiger partial charge >= 0.3 is 0 Å². The monoisotopic (exact) mass is 278 g/mol. The molecule has 0 aliphatic heterocycles. The first-order valence-electron chi connectivity index (χ1n) is 6.97. The fraction of sp³-hybridized carbons (Fsp3) is 0.167. The van der Waals surface area contributed by atoms with E-state index < -0.39 is 0 Å². The van der Waals surface area contributed by atoms with Gasteiger partial charge in [0.1, 0.15) is 5.75 Å². The summed E-state index contributed by atoms with van der Waals surface area (Å²) in [7, 11) is 3.64. The van der Waals surface area contributed by atoms with E-state index in [1.54, 1.807) is 7.11 Å². The van der Waals surface area contributed by atoms with Gasteiger partial charge in [0.15, 0.2) is 0 Å². The lowest BCUT2D eigenvalue weighted by Gasteiger charge is -2.18. The van der Waals surface area contributed by atoms with Crippen molar-refractivity contribution in [3.05, 3.63) is 71.9 Å². The third-order valence-corrected chi connectivity index (χ3v) is 3.66. The Hall–Kier alpha value is -2.39. The molecule has 0 aliphatic rings. The van der Waals surface area contributed by atoms with Crippen LogP contribution in [0.1, 0.15) is 17.2 Å². The lowest BCUT2D eigenvalue weighted by Crippen LogP contribution is -2.17. The number of nitrogens with one attached hydrogen (secondary N) is 1. The van der Waals surface area contributed by atoms with E-state index in [4.69, 9.17) is 4.74 Å². The SMILES string of the molecule is CNC(c1cccc(OC)c1)c1cnc2ccccc2c1. The van der Waals surface area contributed by atoms with Crippen LogP contribution in [-0.4, -0.2) is 19.1 Å². The molecule has 0 aliphatic carbocycles. The van der Waals surface area contributed by atoms with Gasteiger partial charge in [0.05, 0.1) is 18.7 Å². The average molecular weight is 278 g/mol. The molecule has 2 aromatic carbocycles. The predicted octanol–water partition coefficient (Wildman–Crippen LogP) is 3.55. The highest BCUT2D eigenvalue weighted by Crippen LogP contribution is 2.26. The van der Waals surface area contributed by atoms with Gasteiger partial charge in [0.2, 0.25) is 0 Å². The summed E-state index contributed by atoms with van der Waals surface area (Å²) in [6.45, 7) is 0. The molecular formula is C18H18N2O. The number of nitrogens with zero attached hydrogens (tertiary/aromatic N) is 1. The second-order valence-electron chi connectivity index (χ2n) is 4.96. The number of rotatable bonds is 4. The molecule has 106 valence electrons. The van der Waals surface area contributed by atoms with Gasteiger partial charge in [0.25, 0.3) is 0 Å². The van der Waals surface area contributed by atoms with E-state index in [0.29, 0.717) is 0 Å². The number of aromatic nitrogens is 1. The molecular weight excluding hydrogens is 260 g/mol. The molecule has 3 heteroatoms. The molecule has 3 rings (SSSR count). The molecule has 1 atom stereocenters. The standard InChI is InChI=1S/C18H18N2O/c1-19-18(14-7-5-8-16(11-14)21-2)15-10-13-6-3-4-9-17(13)20-12-15/h3-12,18-19H,1-2H3. The highest BCUT2D eigenvalue weighted by atomic mass is 16.5. The van der Waals surface area contributed by atoms with Crippen molar-refractivity contribution in [3.63, 3.8) is 0 Å². The molecule has 1 aromatic heterocycles. The second-order valence-corrected chi connectivity index (χ2v) is 4.96. The summed E-state index contributed by atoms with van der Waals surface area (Å²) in [5, 5.41) is 4.51. The first kappa shape index (κ1) is 13.6. The van der Waals surface area contributed by atoms with Crippen molar-refractivity contribution in [1.82, 2.24) is 10.3 Å². The number of para-hydroxylation sites is 1. The van der Waals surface area contributed by atoms with E-state index in [1.165, 1.54) is 0 Å². The van der Waals surface area contributed by atoms with Crippen LogP contribution in [0, 0.1) is 0 Å². The molecule has 1 unspecified atom stereocenters. The normalized spacial score (nSPS) is 12.3. The number of ether oxygens (including phenoxy) is 1. The van der Waals surface area contributed by atoms with Crippen LogP contribution in [0.3, 0.4) is 0 Å². The van der Waals surface area contributed by atoms with Gasteiger partial charge in [-0.3, -0.25) is 4.98 Å². The maximum atomic E-state index is 5.31. The third-order valence-electron chi connectivity index (χ3n) is 3.66. The van der Waals surface area contributed by atoms with Crippen LogP contribution in [0.4, 0.5) is 0 Å². The minimum absolute atomic E-state index is 0.0946. The van der Waals surface area contributed by atoms with E-state index >= 15 is 0 Å². The summed E-state index contributed by atoms with van der Waals surface area (Å²) >= 11 is 0. The Morgan fingerprint density at radius 1 is 1.00 bits per heavy atom. The molecule has 0 bridgehead atoms. The van der Waals surface area contributed by atoms with Crippen molar-refractivity contribution in [2.45, 2.75) is 6.04 Å². The number of methoxy groups -OCH3 is 1. The largest absolute Gasteiger partial charge is 0.497 e. The first-order chi connectivity index (χ1) is 10.3. The van der Waals surface area contributed by atoms with Crippen molar-refractivity contribution in [2.24, 2.45) is 0 Å². The van der Waals surface area contributed by atoms with Crippen molar-refractivity contribution in [3.8, 4) is 5.75 Å². The molecule has 1 N–H and O–H groups in total. The lowest BCUT2D eigenvalue weighted by molar-refractivity contribution is 0.414. The van der Waals surface area contributed by atoms with Gasteiger partial charge in [-0.25, -0.2) is 0 Å². The van der Waals surface area contributed by atoms with Gasteiger partial charge in [0, 0.05) is 11.6 Å². The summed E-state index contributed by atoms with van der Waals surface area (Å²) in [4.78, 5) is 4.55. The minimum Gasteiger partial charge on any atom is -0.497 e. The minimum atomic E-state index is 0.0946. The zero-order chi connectivity index (χ0) is 14.7. The molecule has 3 aromatic rings. The molecule has 0 radical (unpaired) electrons. The van der Waals surface area contributed by atoms with Crippen molar-refractivity contribution in [1.29, 1.82) is 0 Å². The van der Waals surface area contributed by atoms with Crippen molar-refractivity contribution in [2.75, 3.05) is 14.2 Å². The summed E-state index contributed by atoms with van der Waals surface area (Å²) < 4.78 is 5.31. The topological polar surface area (TPSA) is 34.1 Å². The predicted molar refractivity (Wildman–Crippen MR) is 85.6 cm³/mol. The molecule has 3 nitrogen and oxygen atoms in total. The second kappa shape index (κ2) is 5.94. The first-order valence-corrected chi connectivity index (χ1v) is 6.97. The van der Waals surface area contributed by atoms with Crippen LogP contribution in [-0.2, 0) is 0 Å².